The van der Waals surface area contributed by atoms with Gasteiger partial charge < -0.3 is 15.0 Å². The summed E-state index contributed by atoms with van der Waals surface area (Å²) >= 11 is 0. The van der Waals surface area contributed by atoms with Crippen LogP contribution in [0.3, 0.4) is 0 Å². The highest BCUT2D eigenvalue weighted by atomic mass is 16.5. The smallest absolute Gasteiger partial charge is 0.338 e. The van der Waals surface area contributed by atoms with Gasteiger partial charge in [0.2, 0.25) is 11.9 Å². The number of aryl methyl sites for hydroxylation is 1. The van der Waals surface area contributed by atoms with Crippen LogP contribution in [0.4, 0.5) is 11.6 Å². The van der Waals surface area contributed by atoms with Crippen molar-refractivity contribution in [2.45, 2.75) is 33.4 Å². The highest BCUT2D eigenvalue weighted by Gasteiger charge is 2.22. The van der Waals surface area contributed by atoms with Crippen LogP contribution in [-0.4, -0.2) is 34.6 Å². The zero-order chi connectivity index (χ0) is 23.4. The lowest BCUT2D eigenvalue weighted by Gasteiger charge is -2.31. The van der Waals surface area contributed by atoms with Gasteiger partial charge in [-0.3, -0.25) is 14.2 Å². The van der Waals surface area contributed by atoms with E-state index in [1.807, 2.05) is 17.0 Å². The molecule has 0 saturated heterocycles. The number of rotatable bonds is 6. The van der Waals surface area contributed by atoms with Gasteiger partial charge in [0.15, 0.2) is 0 Å². The molecule has 0 bridgehead atoms. The number of hydrogen-bond donors (Lipinski definition) is 1. The molecule has 1 N–H and O–H groups in total. The van der Waals surface area contributed by atoms with Gasteiger partial charge in [0.05, 0.1) is 12.2 Å². The van der Waals surface area contributed by atoms with E-state index in [1.165, 1.54) is 21.8 Å². The maximum absolute atomic E-state index is 12.8. The Morgan fingerprint density at radius 2 is 1.82 bits per heavy atom. The first-order valence-electron chi connectivity index (χ1n) is 10.9. The molecule has 0 unspecified atom stereocenters. The van der Waals surface area contributed by atoms with Gasteiger partial charge in [-0.15, -0.1) is 0 Å². The minimum atomic E-state index is -0.416. The highest BCUT2D eigenvalue weighted by molar-refractivity contribution is 5.93. The van der Waals surface area contributed by atoms with Gasteiger partial charge in [0.25, 0.3) is 5.56 Å². The topological polar surface area (TPSA) is 93.5 Å². The van der Waals surface area contributed by atoms with Crippen LogP contribution in [0, 0.1) is 6.92 Å². The van der Waals surface area contributed by atoms with Crippen molar-refractivity contribution in [2.75, 3.05) is 23.4 Å². The summed E-state index contributed by atoms with van der Waals surface area (Å²) < 4.78 is 6.37. The molecule has 2 aromatic carbocycles. The average Bonchev–Trinajstić information content (AvgIpc) is 2.81. The zero-order valence-corrected chi connectivity index (χ0v) is 18.7. The lowest BCUT2D eigenvalue weighted by Crippen LogP contribution is -2.38. The number of anilines is 2. The summed E-state index contributed by atoms with van der Waals surface area (Å²) in [5.74, 6) is -0.284. The molecule has 0 atom stereocenters. The van der Waals surface area contributed by atoms with Crippen LogP contribution in [0.5, 0.6) is 0 Å². The van der Waals surface area contributed by atoms with Gasteiger partial charge >= 0.3 is 5.97 Å². The van der Waals surface area contributed by atoms with E-state index in [1.54, 1.807) is 38.1 Å². The maximum Gasteiger partial charge on any atom is 0.338 e. The molecule has 0 saturated carbocycles. The molecule has 0 radical (unpaired) electrons. The number of hydrogen-bond acceptors (Lipinski definition) is 6. The molecule has 1 aliphatic heterocycles. The average molecular weight is 447 g/mol. The molecule has 33 heavy (non-hydrogen) atoms. The zero-order valence-electron chi connectivity index (χ0n) is 18.7. The van der Waals surface area contributed by atoms with Crippen molar-refractivity contribution in [1.29, 1.82) is 0 Å². The number of ether oxygens (including phenoxy) is 1. The molecule has 3 aromatic rings. The number of carbonyl (C=O) groups is 2. The first-order chi connectivity index (χ1) is 15.9. The van der Waals surface area contributed by atoms with Crippen LogP contribution < -0.4 is 15.8 Å². The van der Waals surface area contributed by atoms with E-state index in [2.05, 4.69) is 22.4 Å². The van der Waals surface area contributed by atoms with Crippen molar-refractivity contribution in [2.24, 2.45) is 0 Å². The third-order valence-corrected chi connectivity index (χ3v) is 5.51. The number of fused-ring (bicyclic) bond motifs is 1. The molecule has 0 spiro atoms. The first kappa shape index (κ1) is 22.3. The minimum absolute atomic E-state index is 0.167. The van der Waals surface area contributed by atoms with Crippen molar-refractivity contribution in [3.8, 4) is 0 Å². The number of aromatic nitrogens is 2. The second-order valence-corrected chi connectivity index (χ2v) is 7.91. The number of amides is 1. The van der Waals surface area contributed by atoms with E-state index in [-0.39, 0.29) is 18.0 Å². The molecule has 2 heterocycles. The monoisotopic (exact) mass is 446 g/mol. The van der Waals surface area contributed by atoms with Gasteiger partial charge in [0, 0.05) is 30.5 Å². The SMILES string of the molecule is CCOC(=O)c1ccc(NC(=O)Cn2c(N3CCc4ccccc4C3)nc(C)cc2=O)cc1. The van der Waals surface area contributed by atoms with E-state index in [0.717, 1.165) is 6.42 Å². The molecular weight excluding hydrogens is 420 g/mol. The second-order valence-electron chi connectivity index (χ2n) is 7.91. The van der Waals surface area contributed by atoms with Crippen molar-refractivity contribution < 1.29 is 14.3 Å². The van der Waals surface area contributed by atoms with Gasteiger partial charge in [-0.05, 0) is 55.7 Å². The Morgan fingerprint density at radius 1 is 1.09 bits per heavy atom. The Labute approximate surface area is 191 Å². The maximum atomic E-state index is 12.8. The summed E-state index contributed by atoms with van der Waals surface area (Å²) in [5, 5.41) is 2.78. The van der Waals surface area contributed by atoms with E-state index in [0.29, 0.717) is 42.6 Å². The van der Waals surface area contributed by atoms with Crippen LogP contribution in [0.2, 0.25) is 0 Å². The highest BCUT2D eigenvalue weighted by Crippen LogP contribution is 2.23. The quantitative estimate of drug-likeness (QED) is 0.585. The normalized spacial score (nSPS) is 12.7. The van der Waals surface area contributed by atoms with Gasteiger partial charge in [-0.25, -0.2) is 9.78 Å². The molecule has 8 heteroatoms. The largest absolute Gasteiger partial charge is 0.462 e. The van der Waals surface area contributed by atoms with Crippen molar-refractivity contribution in [3.05, 3.63) is 87.3 Å². The second kappa shape index (κ2) is 9.68. The molecular formula is C25H26N4O4. The van der Waals surface area contributed by atoms with Gasteiger partial charge in [-0.2, -0.15) is 0 Å². The lowest BCUT2D eigenvalue weighted by molar-refractivity contribution is -0.116. The van der Waals surface area contributed by atoms with E-state index < -0.39 is 5.97 Å². The molecule has 0 aliphatic carbocycles. The molecule has 8 nitrogen and oxygen atoms in total. The Hall–Kier alpha value is -3.94. The first-order valence-corrected chi connectivity index (χ1v) is 10.9. The van der Waals surface area contributed by atoms with Crippen LogP contribution in [-0.2, 0) is 29.0 Å². The molecule has 1 aromatic heterocycles. The Balaban J connectivity index is 1.52. The Morgan fingerprint density at radius 3 is 2.55 bits per heavy atom. The standard InChI is InChI=1S/C25H26N4O4/c1-3-33-24(32)19-8-10-21(11-9-19)27-22(30)16-29-23(31)14-17(2)26-25(29)28-13-12-18-6-4-5-7-20(18)15-28/h4-11,14H,3,12-13,15-16H2,1-2H3,(H,27,30). The summed E-state index contributed by atoms with van der Waals surface area (Å²) in [5.41, 5.74) is 3.75. The molecule has 4 rings (SSSR count). The van der Waals surface area contributed by atoms with Crippen molar-refractivity contribution in [1.82, 2.24) is 9.55 Å². The predicted octanol–water partition coefficient (Wildman–Crippen LogP) is 2.93. The molecule has 0 fully saturated rings. The number of benzene rings is 2. The lowest BCUT2D eigenvalue weighted by atomic mass is 10.0. The van der Waals surface area contributed by atoms with Crippen LogP contribution in [0.1, 0.15) is 34.1 Å². The number of carbonyl (C=O) groups excluding carboxylic acids is 2. The molecule has 1 aliphatic rings. The summed E-state index contributed by atoms with van der Waals surface area (Å²) in [6, 6.07) is 16.1. The number of esters is 1. The third kappa shape index (κ3) is 5.11. The summed E-state index contributed by atoms with van der Waals surface area (Å²) in [4.78, 5) is 44.0. The van der Waals surface area contributed by atoms with Gasteiger partial charge in [-0.1, -0.05) is 24.3 Å². The van der Waals surface area contributed by atoms with E-state index in [9.17, 15) is 14.4 Å². The molecule has 170 valence electrons. The third-order valence-electron chi connectivity index (χ3n) is 5.51. The summed E-state index contributed by atoms with van der Waals surface area (Å²) in [7, 11) is 0. The summed E-state index contributed by atoms with van der Waals surface area (Å²) in [6.45, 7) is 4.98. The van der Waals surface area contributed by atoms with Crippen molar-refractivity contribution in [3.63, 3.8) is 0 Å². The number of nitrogens with zero attached hydrogens (tertiary/aromatic N) is 3. The van der Waals surface area contributed by atoms with Gasteiger partial charge in [0.1, 0.15) is 6.54 Å². The Bertz CT molecular complexity index is 1230. The predicted molar refractivity (Wildman–Crippen MR) is 125 cm³/mol. The minimum Gasteiger partial charge on any atom is -0.462 e. The van der Waals surface area contributed by atoms with Crippen LogP contribution >= 0.6 is 0 Å². The van der Waals surface area contributed by atoms with Crippen molar-refractivity contribution >= 4 is 23.5 Å². The fourth-order valence-electron chi connectivity index (χ4n) is 3.91. The fraction of sp³-hybridized carbons (Fsp3) is 0.280. The van der Waals surface area contributed by atoms with Crippen LogP contribution in [0.15, 0.2) is 59.4 Å². The molecule has 1 amide bonds. The van der Waals surface area contributed by atoms with Crippen LogP contribution in [0.25, 0.3) is 0 Å². The van der Waals surface area contributed by atoms with E-state index in [4.69, 9.17) is 4.74 Å². The fourth-order valence-corrected chi connectivity index (χ4v) is 3.91. The summed E-state index contributed by atoms with van der Waals surface area (Å²) in [6.07, 6.45) is 0.846. The Kier molecular flexibility index (Phi) is 6.53. The number of nitrogens with one attached hydrogen (secondary N) is 1. The van der Waals surface area contributed by atoms with E-state index >= 15 is 0 Å².